The molecule has 0 bridgehead atoms. The fourth-order valence-electron chi connectivity index (χ4n) is 4.19. The molecule has 38 heavy (non-hydrogen) atoms. The molecule has 0 saturated carbocycles. The second-order valence-electron chi connectivity index (χ2n) is 9.82. The Hall–Kier alpha value is -3.79. The molecule has 1 aromatic carbocycles. The summed E-state index contributed by atoms with van der Waals surface area (Å²) in [7, 11) is 0. The first kappa shape index (κ1) is 28.8. The quantitative estimate of drug-likeness (QED) is 0.405. The number of carbonyl (C=O) groups is 4. The van der Waals surface area contributed by atoms with Gasteiger partial charge in [-0.1, -0.05) is 51.1 Å². The second-order valence-corrected chi connectivity index (χ2v) is 9.82. The molecule has 0 radical (unpaired) electrons. The third-order valence-corrected chi connectivity index (χ3v) is 6.38. The highest BCUT2D eigenvalue weighted by Gasteiger charge is 2.32. The van der Waals surface area contributed by atoms with E-state index in [9.17, 15) is 19.2 Å². The van der Waals surface area contributed by atoms with Crippen molar-refractivity contribution in [1.29, 1.82) is 0 Å². The average Bonchev–Trinajstić information content (AvgIpc) is 2.90. The first-order valence-corrected chi connectivity index (χ1v) is 13.0. The van der Waals surface area contributed by atoms with Crippen molar-refractivity contribution in [3.05, 3.63) is 47.7 Å². The number of pyridine rings is 1. The lowest BCUT2D eigenvalue weighted by molar-refractivity contribution is -0.158. The van der Waals surface area contributed by atoms with E-state index in [4.69, 9.17) is 10.5 Å². The molecule has 1 unspecified atom stereocenters. The van der Waals surface area contributed by atoms with Gasteiger partial charge in [0.2, 0.25) is 5.91 Å². The first-order chi connectivity index (χ1) is 18.1. The van der Waals surface area contributed by atoms with Crippen LogP contribution in [-0.4, -0.2) is 58.4 Å². The second kappa shape index (κ2) is 13.1. The van der Waals surface area contributed by atoms with Crippen LogP contribution in [0, 0.1) is 5.92 Å². The van der Waals surface area contributed by atoms with E-state index in [1.54, 1.807) is 26.8 Å². The minimum absolute atomic E-state index is 0.0162. The number of amides is 3. The zero-order valence-electron chi connectivity index (χ0n) is 22.4. The summed E-state index contributed by atoms with van der Waals surface area (Å²) in [5, 5.41) is 4.97. The number of esters is 1. The summed E-state index contributed by atoms with van der Waals surface area (Å²) in [6.45, 7) is 7.51. The lowest BCUT2D eigenvalue weighted by Gasteiger charge is -2.34. The zero-order valence-corrected chi connectivity index (χ0v) is 22.4. The third-order valence-electron chi connectivity index (χ3n) is 6.38. The Morgan fingerprint density at radius 2 is 1.95 bits per heavy atom. The van der Waals surface area contributed by atoms with E-state index in [1.807, 2.05) is 36.4 Å². The van der Waals surface area contributed by atoms with Crippen LogP contribution in [0.5, 0.6) is 0 Å². The maximum absolute atomic E-state index is 12.9. The van der Waals surface area contributed by atoms with Crippen LogP contribution in [0.1, 0.15) is 58.2 Å². The van der Waals surface area contributed by atoms with Gasteiger partial charge in [-0.05, 0) is 49.8 Å². The highest BCUT2D eigenvalue weighted by Crippen LogP contribution is 2.17. The van der Waals surface area contributed by atoms with Crippen molar-refractivity contribution in [2.45, 2.75) is 71.6 Å². The molecule has 2 heterocycles. The van der Waals surface area contributed by atoms with Crippen molar-refractivity contribution >= 4 is 40.7 Å². The van der Waals surface area contributed by atoms with Gasteiger partial charge in [0.25, 0.3) is 11.8 Å². The minimum atomic E-state index is -1.06. The van der Waals surface area contributed by atoms with Gasteiger partial charge in [0, 0.05) is 17.6 Å². The van der Waals surface area contributed by atoms with Crippen LogP contribution < -0.4 is 16.5 Å². The summed E-state index contributed by atoms with van der Waals surface area (Å²) in [6.07, 6.45) is 4.43. The molecule has 1 fully saturated rings. The van der Waals surface area contributed by atoms with Gasteiger partial charge in [-0.2, -0.15) is 0 Å². The third kappa shape index (κ3) is 7.61. The number of ether oxygens (including phenoxy) is 1. The molecule has 2 aromatic rings. The molecule has 1 aliphatic heterocycles. The van der Waals surface area contributed by atoms with E-state index in [2.05, 4.69) is 22.7 Å². The molecule has 10 heteroatoms. The van der Waals surface area contributed by atoms with Gasteiger partial charge in [0.1, 0.15) is 12.1 Å². The highest BCUT2D eigenvalue weighted by molar-refractivity contribution is 5.90. The van der Waals surface area contributed by atoms with E-state index in [0.717, 1.165) is 28.6 Å². The molecule has 3 atom stereocenters. The highest BCUT2D eigenvalue weighted by atomic mass is 16.5. The van der Waals surface area contributed by atoms with Crippen molar-refractivity contribution in [2.75, 3.05) is 6.54 Å². The first-order valence-electron chi connectivity index (χ1n) is 13.0. The zero-order chi connectivity index (χ0) is 27.8. The molecule has 1 aromatic heterocycles. The number of nitrogens with one attached hydrogen (secondary N) is 2. The molecule has 4 N–H and O–H groups in total. The summed E-state index contributed by atoms with van der Waals surface area (Å²) < 4.78 is 5.47. The summed E-state index contributed by atoms with van der Waals surface area (Å²) >= 11 is 0. The van der Waals surface area contributed by atoms with Gasteiger partial charge >= 0.3 is 5.97 Å². The van der Waals surface area contributed by atoms with Crippen molar-refractivity contribution < 1.29 is 23.9 Å². The molecule has 1 aliphatic rings. The van der Waals surface area contributed by atoms with Crippen LogP contribution in [0.3, 0.4) is 0 Å². The van der Waals surface area contributed by atoms with Crippen LogP contribution in [0.4, 0.5) is 0 Å². The number of nitrogens with zero attached hydrogens (tertiary/aromatic N) is 2. The Labute approximate surface area is 223 Å². The number of primary amides is 1. The van der Waals surface area contributed by atoms with Gasteiger partial charge in [0.15, 0.2) is 6.10 Å². The topological polar surface area (TPSA) is 144 Å². The number of hydrogen-bond donors (Lipinski definition) is 3. The number of fused-ring (bicyclic) bond motifs is 1. The molecule has 3 rings (SSSR count). The smallest absolute Gasteiger partial charge is 0.310 e. The van der Waals surface area contributed by atoms with Crippen molar-refractivity contribution in [3.8, 4) is 0 Å². The van der Waals surface area contributed by atoms with E-state index >= 15 is 0 Å². The lowest BCUT2D eigenvalue weighted by Crippen LogP contribution is -2.60. The minimum Gasteiger partial charge on any atom is -0.452 e. The Balaban J connectivity index is 1.55. The number of nitrogens with two attached hydrogens (primary N) is 1. The van der Waals surface area contributed by atoms with Crippen molar-refractivity contribution in [3.63, 3.8) is 0 Å². The van der Waals surface area contributed by atoms with E-state index in [-0.39, 0.29) is 12.3 Å². The van der Waals surface area contributed by atoms with Crippen molar-refractivity contribution in [1.82, 2.24) is 20.7 Å². The number of carbonyl (C=O) groups excluding carboxylic acids is 4. The SMILES string of the molecule is CCc1ccc2ccc(/C=C/CC(=O)OC(C(=O)N[C@@H](C)C(=O)N3CCC[C@@H](C(N)=O)N3)C(C)C)cc2n1. The summed E-state index contributed by atoms with van der Waals surface area (Å²) in [6, 6.07) is 8.41. The number of rotatable bonds is 10. The summed E-state index contributed by atoms with van der Waals surface area (Å²) in [5.41, 5.74) is 10.9. The lowest BCUT2D eigenvalue weighted by atomic mass is 10.1. The number of benzene rings is 1. The summed E-state index contributed by atoms with van der Waals surface area (Å²) in [4.78, 5) is 54.3. The van der Waals surface area contributed by atoms with Crippen LogP contribution in [0.25, 0.3) is 17.0 Å². The Morgan fingerprint density at radius 3 is 2.63 bits per heavy atom. The Morgan fingerprint density at radius 1 is 1.21 bits per heavy atom. The van der Waals surface area contributed by atoms with Crippen molar-refractivity contribution in [2.24, 2.45) is 11.7 Å². The maximum Gasteiger partial charge on any atom is 0.310 e. The summed E-state index contributed by atoms with van der Waals surface area (Å²) in [5.74, 6) is -2.37. The molecule has 1 saturated heterocycles. The molecule has 0 aliphatic carbocycles. The fourth-order valence-corrected chi connectivity index (χ4v) is 4.19. The van der Waals surface area contributed by atoms with E-state index in [1.165, 1.54) is 5.01 Å². The molecule has 0 spiro atoms. The maximum atomic E-state index is 12.9. The fraction of sp³-hybridized carbons (Fsp3) is 0.464. The van der Waals surface area contributed by atoms with Gasteiger partial charge in [-0.25, -0.2) is 5.43 Å². The standard InChI is InChI=1S/C28H37N5O5/c1-5-21-14-13-20-12-11-19(16-23(20)31-21)8-6-10-24(34)38-25(17(2)3)27(36)30-18(4)28(37)33-15-7-9-22(32-33)26(29)35/h6,8,11-14,16-18,22,25,32H,5,7,9-10,15H2,1-4H3,(H2,29,35)(H,30,36)/b8-6+/t18-,22-,25?/m0/s1. The van der Waals surface area contributed by atoms with Gasteiger partial charge in [-0.3, -0.25) is 29.2 Å². The predicted octanol–water partition coefficient (Wildman–Crippen LogP) is 2.25. The van der Waals surface area contributed by atoms with Gasteiger partial charge < -0.3 is 15.8 Å². The van der Waals surface area contributed by atoms with Crippen LogP contribution >= 0.6 is 0 Å². The number of hydrogen-bond acceptors (Lipinski definition) is 7. The Bertz CT molecular complexity index is 1210. The number of aryl methyl sites for hydroxylation is 1. The Kier molecular flexibility index (Phi) is 9.95. The normalized spacial score (nSPS) is 17.4. The van der Waals surface area contributed by atoms with Crippen LogP contribution in [0.2, 0.25) is 0 Å². The number of aromatic nitrogens is 1. The van der Waals surface area contributed by atoms with E-state index in [0.29, 0.717) is 19.4 Å². The molecule has 3 amide bonds. The largest absolute Gasteiger partial charge is 0.452 e. The average molecular weight is 524 g/mol. The number of hydrazine groups is 1. The van der Waals surface area contributed by atoms with Crippen LogP contribution in [-0.2, 0) is 30.3 Å². The van der Waals surface area contributed by atoms with Gasteiger partial charge in [-0.15, -0.1) is 0 Å². The molecule has 204 valence electrons. The van der Waals surface area contributed by atoms with Gasteiger partial charge in [0.05, 0.1) is 11.9 Å². The molecular formula is C28H37N5O5. The monoisotopic (exact) mass is 523 g/mol. The van der Waals surface area contributed by atoms with E-state index < -0.39 is 41.9 Å². The van der Waals surface area contributed by atoms with Crippen LogP contribution in [0.15, 0.2) is 36.4 Å². The molecular weight excluding hydrogens is 486 g/mol. The predicted molar refractivity (Wildman–Crippen MR) is 144 cm³/mol. The molecule has 10 nitrogen and oxygen atoms in total.